The van der Waals surface area contributed by atoms with E-state index in [9.17, 15) is 19.5 Å². The molecule has 0 saturated carbocycles. The van der Waals surface area contributed by atoms with Gasteiger partial charge in [-0.3, -0.25) is 14.5 Å². The molecule has 9 heteroatoms. The average molecular weight is 495 g/mol. The Morgan fingerprint density at radius 2 is 1.61 bits per heavy atom. The smallest absolute Gasteiger partial charge is 0.337 e. The highest BCUT2D eigenvalue weighted by atomic mass is 16.5. The number of hydrogen-bond acceptors (Lipinski definition) is 8. The Labute approximate surface area is 209 Å². The molecule has 2 aromatic rings. The number of ether oxygens (including phenoxy) is 3. The molecule has 2 aromatic carbocycles. The van der Waals surface area contributed by atoms with Crippen molar-refractivity contribution in [3.8, 4) is 5.75 Å². The molecule has 1 amide bonds. The van der Waals surface area contributed by atoms with Crippen molar-refractivity contribution in [3.63, 3.8) is 0 Å². The fourth-order valence-corrected chi connectivity index (χ4v) is 4.57. The number of aliphatic hydroxyl groups excluding tert-OH is 1. The van der Waals surface area contributed by atoms with Gasteiger partial charge in [-0.05, 0) is 48.4 Å². The van der Waals surface area contributed by atoms with E-state index in [4.69, 9.17) is 14.2 Å². The topological polar surface area (TPSA) is 106 Å². The average Bonchev–Trinajstić information content (AvgIpc) is 3.18. The fourth-order valence-electron chi connectivity index (χ4n) is 4.57. The van der Waals surface area contributed by atoms with Gasteiger partial charge in [-0.2, -0.15) is 0 Å². The number of aliphatic hydroxyl groups is 1. The zero-order chi connectivity index (χ0) is 25.7. The number of methoxy groups -OCH3 is 2. The van der Waals surface area contributed by atoms with Crippen molar-refractivity contribution < 1.29 is 33.7 Å². The second kappa shape index (κ2) is 11.4. The highest BCUT2D eigenvalue weighted by Crippen LogP contribution is 2.39. The molecule has 1 N–H and O–H groups in total. The van der Waals surface area contributed by atoms with Crippen LogP contribution >= 0.6 is 0 Å². The van der Waals surface area contributed by atoms with Gasteiger partial charge in [0.1, 0.15) is 11.5 Å². The molecule has 2 aliphatic rings. The zero-order valence-electron chi connectivity index (χ0n) is 20.4. The van der Waals surface area contributed by atoms with Crippen molar-refractivity contribution >= 4 is 23.4 Å². The maximum atomic E-state index is 13.2. The first-order valence-electron chi connectivity index (χ1n) is 11.9. The number of hydrogen-bond donors (Lipinski definition) is 1. The standard InChI is InChI=1S/C27H30N2O7/c1-34-21-10-8-19(9-11-21)24(30)22-23(18-4-6-20(7-5-18)27(33)35-2)29(26(32)25(22)31)13-3-12-28-14-16-36-17-15-28/h4-11,23,30H,3,12-17H2,1-2H3/b24-22-. The van der Waals surface area contributed by atoms with Crippen LogP contribution in [0.25, 0.3) is 5.76 Å². The molecule has 1 atom stereocenters. The number of carbonyl (C=O) groups excluding carboxylic acids is 3. The fraction of sp³-hybridized carbons (Fsp3) is 0.370. The minimum absolute atomic E-state index is 0.0161. The lowest BCUT2D eigenvalue weighted by Gasteiger charge is -2.29. The predicted octanol–water partition coefficient (Wildman–Crippen LogP) is 2.63. The molecule has 0 radical (unpaired) electrons. The number of morpholine rings is 1. The van der Waals surface area contributed by atoms with Crippen LogP contribution in [0, 0.1) is 0 Å². The Morgan fingerprint density at radius 3 is 2.22 bits per heavy atom. The molecule has 36 heavy (non-hydrogen) atoms. The summed E-state index contributed by atoms with van der Waals surface area (Å²) in [5.41, 5.74) is 1.38. The maximum Gasteiger partial charge on any atom is 0.337 e. The summed E-state index contributed by atoms with van der Waals surface area (Å²) in [5.74, 6) is -1.54. The van der Waals surface area contributed by atoms with E-state index in [1.54, 1.807) is 48.5 Å². The molecule has 1 unspecified atom stereocenters. The second-order valence-electron chi connectivity index (χ2n) is 8.64. The van der Waals surface area contributed by atoms with Crippen LogP contribution in [0.5, 0.6) is 5.75 Å². The predicted molar refractivity (Wildman–Crippen MR) is 132 cm³/mol. The molecule has 2 fully saturated rings. The van der Waals surface area contributed by atoms with Crippen LogP contribution in [0.2, 0.25) is 0 Å². The molecule has 2 saturated heterocycles. The van der Waals surface area contributed by atoms with Gasteiger partial charge in [0.2, 0.25) is 0 Å². The zero-order valence-corrected chi connectivity index (χ0v) is 20.4. The normalized spacial score (nSPS) is 19.9. The van der Waals surface area contributed by atoms with E-state index >= 15 is 0 Å². The number of nitrogens with zero attached hydrogens (tertiary/aromatic N) is 2. The van der Waals surface area contributed by atoms with Crippen LogP contribution in [0.4, 0.5) is 0 Å². The summed E-state index contributed by atoms with van der Waals surface area (Å²) in [6.45, 7) is 4.12. The van der Waals surface area contributed by atoms with Gasteiger partial charge in [-0.15, -0.1) is 0 Å². The van der Waals surface area contributed by atoms with Gasteiger partial charge in [-0.25, -0.2) is 4.79 Å². The lowest BCUT2D eigenvalue weighted by Crippen LogP contribution is -2.39. The summed E-state index contributed by atoms with van der Waals surface area (Å²) in [5, 5.41) is 11.2. The van der Waals surface area contributed by atoms with Gasteiger partial charge in [0.15, 0.2) is 0 Å². The highest BCUT2D eigenvalue weighted by molar-refractivity contribution is 6.46. The lowest BCUT2D eigenvalue weighted by atomic mass is 9.94. The van der Waals surface area contributed by atoms with Crippen molar-refractivity contribution in [2.75, 3.05) is 53.6 Å². The van der Waals surface area contributed by atoms with E-state index < -0.39 is 23.7 Å². The van der Waals surface area contributed by atoms with Gasteiger partial charge in [0, 0.05) is 31.7 Å². The largest absolute Gasteiger partial charge is 0.507 e. The first-order chi connectivity index (χ1) is 17.4. The molecule has 190 valence electrons. The monoisotopic (exact) mass is 494 g/mol. The molecule has 0 aliphatic carbocycles. The number of ketones is 1. The third-order valence-corrected chi connectivity index (χ3v) is 6.53. The minimum Gasteiger partial charge on any atom is -0.507 e. The Bertz CT molecular complexity index is 1140. The molecule has 2 aliphatic heterocycles. The second-order valence-corrected chi connectivity index (χ2v) is 8.64. The van der Waals surface area contributed by atoms with Crippen LogP contribution in [-0.2, 0) is 19.1 Å². The molecule has 4 rings (SSSR count). The third kappa shape index (κ3) is 5.27. The minimum atomic E-state index is -0.788. The summed E-state index contributed by atoms with van der Waals surface area (Å²) in [4.78, 5) is 42.0. The number of amides is 1. The van der Waals surface area contributed by atoms with E-state index in [1.165, 1.54) is 19.1 Å². The molecule has 0 spiro atoms. The Hall–Kier alpha value is -3.69. The first-order valence-corrected chi connectivity index (χ1v) is 11.9. The van der Waals surface area contributed by atoms with Crippen LogP contribution in [0.3, 0.4) is 0 Å². The number of benzene rings is 2. The maximum absolute atomic E-state index is 13.2. The van der Waals surface area contributed by atoms with Gasteiger partial charge >= 0.3 is 5.97 Å². The van der Waals surface area contributed by atoms with E-state index in [-0.39, 0.29) is 11.3 Å². The summed E-state index contributed by atoms with van der Waals surface area (Å²) < 4.78 is 15.3. The Kier molecular flexibility index (Phi) is 8.02. The number of Topliss-reactive ketones (excluding diaryl/α,β-unsaturated/α-hetero) is 1. The van der Waals surface area contributed by atoms with Gasteiger partial charge in [0.25, 0.3) is 11.7 Å². The molecular weight excluding hydrogens is 464 g/mol. The van der Waals surface area contributed by atoms with Gasteiger partial charge < -0.3 is 24.2 Å². The molecule has 0 bridgehead atoms. The quantitative estimate of drug-likeness (QED) is 0.258. The van der Waals surface area contributed by atoms with E-state index in [0.29, 0.717) is 48.6 Å². The van der Waals surface area contributed by atoms with Crippen LogP contribution in [0.1, 0.15) is 33.9 Å². The summed E-state index contributed by atoms with van der Waals surface area (Å²) in [6, 6.07) is 12.4. The number of rotatable bonds is 8. The van der Waals surface area contributed by atoms with E-state index in [2.05, 4.69) is 4.90 Å². The van der Waals surface area contributed by atoms with Crippen LogP contribution in [-0.4, -0.2) is 86.2 Å². The van der Waals surface area contributed by atoms with Crippen molar-refractivity contribution in [1.29, 1.82) is 0 Å². The van der Waals surface area contributed by atoms with Gasteiger partial charge in [-0.1, -0.05) is 12.1 Å². The van der Waals surface area contributed by atoms with Crippen molar-refractivity contribution in [2.24, 2.45) is 0 Å². The lowest BCUT2D eigenvalue weighted by molar-refractivity contribution is -0.140. The van der Waals surface area contributed by atoms with Crippen LogP contribution < -0.4 is 4.74 Å². The Morgan fingerprint density at radius 1 is 0.972 bits per heavy atom. The molecule has 0 aromatic heterocycles. The van der Waals surface area contributed by atoms with Crippen molar-refractivity contribution in [1.82, 2.24) is 9.80 Å². The summed E-state index contributed by atoms with van der Waals surface area (Å²) >= 11 is 0. The number of carbonyl (C=O) groups is 3. The molecule has 2 heterocycles. The molecular formula is C27H30N2O7. The SMILES string of the molecule is COC(=O)c1ccc(C2/C(=C(/O)c3ccc(OC)cc3)C(=O)C(=O)N2CCCN2CCOCC2)cc1. The molecule has 9 nitrogen and oxygen atoms in total. The summed E-state index contributed by atoms with van der Waals surface area (Å²) in [6.07, 6.45) is 0.659. The number of esters is 1. The van der Waals surface area contributed by atoms with Crippen LogP contribution in [0.15, 0.2) is 54.1 Å². The van der Waals surface area contributed by atoms with Gasteiger partial charge in [0.05, 0.1) is 44.6 Å². The summed E-state index contributed by atoms with van der Waals surface area (Å²) in [7, 11) is 2.84. The number of likely N-dealkylation sites (tertiary alicyclic amines) is 1. The third-order valence-electron chi connectivity index (χ3n) is 6.53. The first kappa shape index (κ1) is 25.4. The van der Waals surface area contributed by atoms with Crippen molar-refractivity contribution in [3.05, 3.63) is 70.8 Å². The Balaban J connectivity index is 1.68. The van der Waals surface area contributed by atoms with E-state index in [1.807, 2.05) is 0 Å². The van der Waals surface area contributed by atoms with E-state index in [0.717, 1.165) is 19.6 Å². The van der Waals surface area contributed by atoms with Crippen molar-refractivity contribution in [2.45, 2.75) is 12.5 Å². The highest BCUT2D eigenvalue weighted by Gasteiger charge is 2.45.